The SMILES string of the molecule is CC(C)C(C)(C(=O)[NH][RaH])C(C)(C)C. The summed E-state index contributed by atoms with van der Waals surface area (Å²) in [5.41, 5.74) is -0.222. The summed E-state index contributed by atoms with van der Waals surface area (Å²) in [5, 5.41) is 0. The minimum atomic E-state index is -0.246. The van der Waals surface area contributed by atoms with E-state index in [1.807, 2.05) is 0 Å². The van der Waals surface area contributed by atoms with Crippen LogP contribution in [0, 0.1) is 60.0 Å². The van der Waals surface area contributed by atoms with Gasteiger partial charge in [-0.3, -0.25) is 0 Å². The molecule has 0 rings (SSSR count). The monoisotopic (exact) mass is 397 g/mol. The number of amides is 1. The van der Waals surface area contributed by atoms with Crippen molar-refractivity contribution in [1.29, 1.82) is 0 Å². The van der Waals surface area contributed by atoms with E-state index >= 15 is 0 Å². The van der Waals surface area contributed by atoms with Gasteiger partial charge < -0.3 is 0 Å². The predicted octanol–water partition coefficient (Wildman–Crippen LogP) is 2.01. The summed E-state index contributed by atoms with van der Waals surface area (Å²) < 4.78 is 2.98. The molecule has 0 aromatic heterocycles. The molecule has 0 aliphatic heterocycles. The fourth-order valence-electron chi connectivity index (χ4n) is 1.73. The van der Waals surface area contributed by atoms with Gasteiger partial charge in [0.2, 0.25) is 0 Å². The van der Waals surface area contributed by atoms with E-state index in [1.54, 1.807) is 0 Å². The second-order valence-corrected chi connectivity index (χ2v) is 7.24. The van der Waals surface area contributed by atoms with Crippen LogP contribution in [0.15, 0.2) is 0 Å². The van der Waals surface area contributed by atoms with Crippen molar-refractivity contribution in [1.82, 2.24) is 0.848 Å². The molecule has 0 radical (unpaired) electrons. The molecule has 74 valence electrons. The van der Waals surface area contributed by atoms with Gasteiger partial charge in [-0.2, -0.15) is 0 Å². The van der Waals surface area contributed by atoms with Crippen molar-refractivity contribution < 1.29 is 48.0 Å². The Morgan fingerprint density at radius 1 is 1.23 bits per heavy atom. The molecule has 13 heavy (non-hydrogen) atoms. The van der Waals surface area contributed by atoms with E-state index in [0.717, 1.165) is 0 Å². The van der Waals surface area contributed by atoms with Crippen molar-refractivity contribution >= 4 is 5.91 Å². The second kappa shape index (κ2) is 4.64. The molecule has 1 atom stereocenters. The van der Waals surface area contributed by atoms with Crippen LogP contribution in [0.5, 0.6) is 0 Å². The van der Waals surface area contributed by atoms with Crippen LogP contribution in [0.4, 0.5) is 0 Å². The molecule has 3 heteroatoms. The third-order valence-electron chi connectivity index (χ3n) is 3.41. The first-order valence-corrected chi connectivity index (χ1v) is 9.01. The van der Waals surface area contributed by atoms with Gasteiger partial charge in [0, 0.05) is 0 Å². The van der Waals surface area contributed by atoms with Crippen LogP contribution in [-0.4, -0.2) is 5.91 Å². The normalized spacial score (nSPS) is 16.8. The van der Waals surface area contributed by atoms with Crippen LogP contribution in [-0.2, 0) is 4.79 Å². The van der Waals surface area contributed by atoms with Crippen LogP contribution in [0.25, 0.3) is 0 Å². The first-order valence-electron chi connectivity index (χ1n) is 4.90. The van der Waals surface area contributed by atoms with Crippen molar-refractivity contribution in [2.24, 2.45) is 16.7 Å². The molecule has 0 fully saturated rings. The number of rotatable bonds is 2. The van der Waals surface area contributed by atoms with Gasteiger partial charge in [-0.25, -0.2) is 0 Å². The van der Waals surface area contributed by atoms with E-state index in [4.69, 9.17) is 0 Å². The standard InChI is InChI=1S/C10H21NO.Ra.H/c1-7(2)10(6,8(11)12)9(3,4)5;;/h7H,1-6H3,(H2,11,12);;/q;+1;/p-1. The molecule has 1 amide bonds. The Hall–Kier alpha value is 0.938. The Kier molecular flexibility index (Phi) is 4.97. The Labute approximate surface area is 112 Å². The van der Waals surface area contributed by atoms with Gasteiger partial charge in [-0.1, -0.05) is 0 Å². The van der Waals surface area contributed by atoms with E-state index in [2.05, 4.69) is 42.4 Å². The molecular formula is C10H21NORa. The molecule has 0 aliphatic rings. The van der Waals surface area contributed by atoms with Gasteiger partial charge in [0.25, 0.3) is 0 Å². The quantitative estimate of drug-likeness (QED) is 0.759. The van der Waals surface area contributed by atoms with Gasteiger partial charge in [-0.05, 0) is 0 Å². The first-order chi connectivity index (χ1) is 5.67. The Balaban J connectivity index is 5.08. The fraction of sp³-hybridized carbons (Fsp3) is 0.900. The molecule has 0 spiro atoms. The van der Waals surface area contributed by atoms with Crippen molar-refractivity contribution in [2.45, 2.75) is 41.5 Å². The summed E-state index contributed by atoms with van der Waals surface area (Å²) in [6.45, 7) is 12.7. The van der Waals surface area contributed by atoms with E-state index in [1.165, 1.54) is 0 Å². The summed E-state index contributed by atoms with van der Waals surface area (Å²) in [6.07, 6.45) is 0. The van der Waals surface area contributed by atoms with Crippen molar-refractivity contribution in [3.05, 3.63) is 0 Å². The molecule has 0 aromatic carbocycles. The van der Waals surface area contributed by atoms with Crippen molar-refractivity contribution in [2.75, 3.05) is 0 Å². The van der Waals surface area contributed by atoms with E-state index < -0.39 is 0 Å². The molecule has 1 unspecified atom stereocenters. The number of hydrogen-bond acceptors (Lipinski definition) is 1. The van der Waals surface area contributed by atoms with Gasteiger partial charge in [0.15, 0.2) is 0 Å². The van der Waals surface area contributed by atoms with Crippen LogP contribution in [0.2, 0.25) is 0 Å². The van der Waals surface area contributed by atoms with Gasteiger partial charge in [0.05, 0.1) is 0 Å². The molecule has 0 heterocycles. The van der Waals surface area contributed by atoms with Crippen molar-refractivity contribution in [3.63, 3.8) is 0 Å². The van der Waals surface area contributed by atoms with E-state index in [9.17, 15) is 4.79 Å². The maximum absolute atomic E-state index is 11.9. The number of nitrogens with one attached hydrogen (secondary N) is 1. The molecule has 0 bridgehead atoms. The van der Waals surface area contributed by atoms with Gasteiger partial charge in [0.1, 0.15) is 0 Å². The molecule has 0 aromatic rings. The predicted molar refractivity (Wildman–Crippen MR) is 51.9 cm³/mol. The Morgan fingerprint density at radius 3 is 1.69 bits per heavy atom. The van der Waals surface area contributed by atoms with Crippen molar-refractivity contribution in [3.8, 4) is 0 Å². The zero-order valence-corrected chi connectivity index (χ0v) is 18.2. The average Bonchev–Trinajstić information content (AvgIpc) is 1.98. The summed E-state index contributed by atoms with van der Waals surface area (Å²) in [6, 6.07) is 0. The van der Waals surface area contributed by atoms with Crippen LogP contribution in [0.3, 0.4) is 0 Å². The third kappa shape index (κ3) is 2.70. The zero-order valence-electron chi connectivity index (χ0n) is 9.99. The number of carbonyl (C=O) groups excluding carboxylic acids is 1. The summed E-state index contributed by atoms with van der Waals surface area (Å²) in [7, 11) is 0. The van der Waals surface area contributed by atoms with Crippen LogP contribution < -0.4 is 0.848 Å². The second-order valence-electron chi connectivity index (χ2n) is 5.19. The number of carbonyl (C=O) groups is 1. The Morgan fingerprint density at radius 2 is 1.62 bits per heavy atom. The van der Waals surface area contributed by atoms with Gasteiger partial charge in [-0.15, -0.1) is 0 Å². The molecule has 0 saturated heterocycles. The molecule has 0 aliphatic carbocycles. The first kappa shape index (κ1) is 13.9. The maximum atomic E-state index is 11.9. The fourth-order valence-corrected chi connectivity index (χ4v) is 3.86. The van der Waals surface area contributed by atoms with Crippen LogP contribution in [0.1, 0.15) is 41.5 Å². The summed E-state index contributed by atoms with van der Waals surface area (Å²) >= 11 is 0.101. The van der Waals surface area contributed by atoms with E-state index in [0.29, 0.717) is 5.92 Å². The average molecular weight is 397 g/mol. The van der Waals surface area contributed by atoms with Gasteiger partial charge >= 0.3 is 113 Å². The molecular weight excluding hydrogens is 376 g/mol. The topological polar surface area (TPSA) is 29.1 Å². The minimum absolute atomic E-state index is 0.0241. The Bertz CT molecular complexity index is 196. The molecule has 2 nitrogen and oxygen atoms in total. The van der Waals surface area contributed by atoms with E-state index in [-0.39, 0.29) is 59.9 Å². The third-order valence-corrected chi connectivity index (χ3v) is 5.28. The zero-order chi connectivity index (χ0) is 10.9. The molecule has 0 saturated carbocycles. The molecule has 1 N–H and O–H groups in total. The van der Waals surface area contributed by atoms with Crippen LogP contribution >= 0.6 is 0 Å². The summed E-state index contributed by atoms with van der Waals surface area (Å²) in [5.74, 6) is 0.613. The summed E-state index contributed by atoms with van der Waals surface area (Å²) in [4.78, 5) is 11.9. The number of hydrogen-bond donors (Lipinski definition) is 1.